The Morgan fingerprint density at radius 3 is 0.873 bits per heavy atom. The fourth-order valence-corrected chi connectivity index (χ4v) is 8.11. The molecule has 0 bridgehead atoms. The summed E-state index contributed by atoms with van der Waals surface area (Å²) in [5.41, 5.74) is 0. The maximum atomic E-state index is 12.5. The Labute approximate surface area is 343 Å². The van der Waals surface area contributed by atoms with E-state index in [1.165, 1.54) is 212 Å². The highest BCUT2D eigenvalue weighted by Crippen LogP contribution is 2.18. The Bertz CT molecular complexity index is 751. The van der Waals surface area contributed by atoms with Gasteiger partial charge in [0, 0.05) is 0 Å². The van der Waals surface area contributed by atoms with E-state index in [-0.39, 0.29) is 0 Å². The lowest BCUT2D eigenvalue weighted by atomic mass is 9.99. The third kappa shape index (κ3) is 38.6. The monoisotopic (exact) mass is 782 g/mol. The Hall–Kier alpha value is -0.690. The standard InChI is InChI=1S/C49H99NO5/c1-3-5-7-9-11-13-15-17-19-20-21-22-23-24-25-26-27-28-29-31-33-35-37-39-41-43-47(53)49(55)50-45(44-51)48(54)46(52)42-40-38-36-34-32-30-18-16-14-12-10-8-6-4-2/h45-48,51-54H,3-44H2,1-2H3,(H,50,55). The first kappa shape index (κ1) is 54.3. The molecule has 0 heterocycles. The van der Waals surface area contributed by atoms with Crippen LogP contribution in [0.3, 0.4) is 0 Å². The lowest BCUT2D eigenvalue weighted by Gasteiger charge is -2.27. The predicted octanol–water partition coefficient (Wildman–Crippen LogP) is 13.6. The molecule has 55 heavy (non-hydrogen) atoms. The van der Waals surface area contributed by atoms with Crippen molar-refractivity contribution in [3.63, 3.8) is 0 Å². The van der Waals surface area contributed by atoms with Gasteiger partial charge in [-0.2, -0.15) is 0 Å². The van der Waals surface area contributed by atoms with E-state index in [4.69, 9.17) is 0 Å². The van der Waals surface area contributed by atoms with Gasteiger partial charge in [0.1, 0.15) is 12.2 Å². The zero-order valence-corrected chi connectivity index (χ0v) is 37.2. The fraction of sp³-hybridized carbons (Fsp3) is 0.980. The number of aliphatic hydroxyl groups is 4. The maximum Gasteiger partial charge on any atom is 0.249 e. The predicted molar refractivity (Wildman–Crippen MR) is 238 cm³/mol. The van der Waals surface area contributed by atoms with Crippen molar-refractivity contribution in [3.05, 3.63) is 0 Å². The van der Waals surface area contributed by atoms with Gasteiger partial charge < -0.3 is 25.7 Å². The summed E-state index contributed by atoms with van der Waals surface area (Å²) in [7, 11) is 0. The molecule has 0 aromatic heterocycles. The van der Waals surface area contributed by atoms with Gasteiger partial charge in [-0.05, 0) is 12.8 Å². The van der Waals surface area contributed by atoms with Crippen LogP contribution in [0.4, 0.5) is 0 Å². The summed E-state index contributed by atoms with van der Waals surface area (Å²) < 4.78 is 0. The number of carbonyl (C=O) groups excluding carboxylic acids is 1. The highest BCUT2D eigenvalue weighted by atomic mass is 16.3. The molecule has 0 aromatic carbocycles. The van der Waals surface area contributed by atoms with E-state index in [1.807, 2.05) is 0 Å². The molecule has 0 aliphatic carbocycles. The summed E-state index contributed by atoms with van der Waals surface area (Å²) in [5, 5.41) is 43.8. The minimum atomic E-state index is -1.25. The van der Waals surface area contributed by atoms with Crippen LogP contribution in [-0.2, 0) is 4.79 Å². The number of hydrogen-bond acceptors (Lipinski definition) is 5. The molecular formula is C49H99NO5. The molecule has 0 aromatic rings. The Kier molecular flexibility index (Phi) is 43.9. The molecule has 0 saturated heterocycles. The molecule has 0 fully saturated rings. The van der Waals surface area contributed by atoms with Crippen molar-refractivity contribution >= 4 is 5.91 Å². The van der Waals surface area contributed by atoms with Crippen molar-refractivity contribution in [2.75, 3.05) is 6.61 Å². The van der Waals surface area contributed by atoms with Gasteiger partial charge in [0.15, 0.2) is 0 Å². The van der Waals surface area contributed by atoms with Crippen LogP contribution in [0.15, 0.2) is 0 Å². The van der Waals surface area contributed by atoms with Crippen LogP contribution < -0.4 is 5.32 Å². The third-order valence-electron chi connectivity index (χ3n) is 12.1. The average Bonchev–Trinajstić information content (AvgIpc) is 3.19. The Morgan fingerprint density at radius 2 is 0.618 bits per heavy atom. The second-order valence-corrected chi connectivity index (χ2v) is 17.5. The molecule has 4 unspecified atom stereocenters. The maximum absolute atomic E-state index is 12.5. The largest absolute Gasteiger partial charge is 0.394 e. The molecule has 0 saturated carbocycles. The van der Waals surface area contributed by atoms with Gasteiger partial charge in [0.05, 0.1) is 18.8 Å². The molecule has 0 aliphatic heterocycles. The summed E-state index contributed by atoms with van der Waals surface area (Å²) >= 11 is 0. The molecule has 330 valence electrons. The van der Waals surface area contributed by atoms with Crippen molar-refractivity contribution in [1.29, 1.82) is 0 Å². The van der Waals surface area contributed by atoms with Gasteiger partial charge in [-0.25, -0.2) is 0 Å². The number of carbonyl (C=O) groups is 1. The second kappa shape index (κ2) is 44.4. The van der Waals surface area contributed by atoms with Crippen LogP contribution in [0.25, 0.3) is 0 Å². The number of unbranched alkanes of at least 4 members (excludes halogenated alkanes) is 37. The Balaban J connectivity index is 3.60. The summed E-state index contributed by atoms with van der Waals surface area (Å²) in [4.78, 5) is 12.5. The molecule has 5 N–H and O–H groups in total. The quantitative estimate of drug-likeness (QED) is 0.0395. The van der Waals surface area contributed by atoms with Gasteiger partial charge >= 0.3 is 0 Å². The first-order valence-corrected chi connectivity index (χ1v) is 24.9. The van der Waals surface area contributed by atoms with Crippen molar-refractivity contribution < 1.29 is 25.2 Å². The smallest absolute Gasteiger partial charge is 0.249 e. The molecule has 0 spiro atoms. The van der Waals surface area contributed by atoms with Crippen LogP contribution in [0.1, 0.15) is 277 Å². The fourth-order valence-electron chi connectivity index (χ4n) is 8.11. The van der Waals surface area contributed by atoms with Crippen LogP contribution >= 0.6 is 0 Å². The topological polar surface area (TPSA) is 110 Å². The van der Waals surface area contributed by atoms with E-state index in [0.717, 1.165) is 38.5 Å². The lowest BCUT2D eigenvalue weighted by molar-refractivity contribution is -0.132. The summed E-state index contributed by atoms with van der Waals surface area (Å²) in [6, 6.07) is -0.979. The van der Waals surface area contributed by atoms with Crippen molar-refractivity contribution in [2.24, 2.45) is 0 Å². The van der Waals surface area contributed by atoms with Crippen LogP contribution in [0, 0.1) is 0 Å². The van der Waals surface area contributed by atoms with Crippen molar-refractivity contribution in [1.82, 2.24) is 5.32 Å². The summed E-state index contributed by atoms with van der Waals surface area (Å²) in [6.07, 6.45) is 48.7. The third-order valence-corrected chi connectivity index (χ3v) is 12.1. The Morgan fingerprint density at radius 1 is 0.382 bits per heavy atom. The molecule has 0 rings (SSSR count). The number of nitrogens with one attached hydrogen (secondary N) is 1. The SMILES string of the molecule is CCCCCCCCCCCCCCCCCCCCCCCCCCCC(O)C(=O)NC(CO)C(O)C(O)CCCCCCCCCCCCCCCC. The van der Waals surface area contributed by atoms with E-state index in [9.17, 15) is 25.2 Å². The van der Waals surface area contributed by atoms with E-state index >= 15 is 0 Å². The molecule has 0 radical (unpaired) electrons. The normalized spacial score (nSPS) is 13.9. The summed E-state index contributed by atoms with van der Waals surface area (Å²) in [5.74, 6) is -0.578. The molecule has 0 aliphatic rings. The van der Waals surface area contributed by atoms with Crippen molar-refractivity contribution in [2.45, 2.75) is 301 Å². The first-order chi connectivity index (χ1) is 27.0. The number of amides is 1. The van der Waals surface area contributed by atoms with E-state index in [0.29, 0.717) is 12.8 Å². The highest BCUT2D eigenvalue weighted by molar-refractivity contribution is 5.80. The molecule has 6 heteroatoms. The zero-order valence-electron chi connectivity index (χ0n) is 37.2. The van der Waals surface area contributed by atoms with Crippen LogP contribution in [-0.4, -0.2) is 57.3 Å². The van der Waals surface area contributed by atoms with E-state index in [2.05, 4.69) is 19.2 Å². The zero-order chi connectivity index (χ0) is 40.3. The molecule has 1 amide bonds. The molecule has 6 nitrogen and oxygen atoms in total. The van der Waals surface area contributed by atoms with Gasteiger partial charge in [-0.15, -0.1) is 0 Å². The number of hydrogen-bond donors (Lipinski definition) is 5. The molecule has 4 atom stereocenters. The molecular weight excluding hydrogens is 683 g/mol. The van der Waals surface area contributed by atoms with Gasteiger partial charge in [-0.1, -0.05) is 264 Å². The lowest BCUT2D eigenvalue weighted by Crippen LogP contribution is -2.53. The van der Waals surface area contributed by atoms with Gasteiger partial charge in [0.25, 0.3) is 0 Å². The number of aliphatic hydroxyl groups excluding tert-OH is 4. The van der Waals surface area contributed by atoms with Crippen LogP contribution in [0.2, 0.25) is 0 Å². The summed E-state index contributed by atoms with van der Waals surface area (Å²) in [6.45, 7) is 4.08. The second-order valence-electron chi connectivity index (χ2n) is 17.5. The minimum absolute atomic E-state index is 0.376. The first-order valence-electron chi connectivity index (χ1n) is 24.9. The van der Waals surface area contributed by atoms with E-state index in [1.54, 1.807) is 0 Å². The van der Waals surface area contributed by atoms with Gasteiger partial charge in [0.2, 0.25) is 5.91 Å². The van der Waals surface area contributed by atoms with Crippen LogP contribution in [0.5, 0.6) is 0 Å². The minimum Gasteiger partial charge on any atom is -0.394 e. The average molecular weight is 782 g/mol. The number of rotatable bonds is 46. The van der Waals surface area contributed by atoms with E-state index < -0.39 is 36.9 Å². The van der Waals surface area contributed by atoms with Crippen molar-refractivity contribution in [3.8, 4) is 0 Å². The van der Waals surface area contributed by atoms with Gasteiger partial charge in [-0.3, -0.25) is 4.79 Å². The highest BCUT2D eigenvalue weighted by Gasteiger charge is 2.28.